The zero-order valence-electron chi connectivity index (χ0n) is 18.4. The molecule has 0 unspecified atom stereocenters. The van der Waals surface area contributed by atoms with Crippen LogP contribution in [0.5, 0.6) is 0 Å². The van der Waals surface area contributed by atoms with E-state index in [1.807, 2.05) is 41.3 Å². The Balaban J connectivity index is 1.33. The smallest absolute Gasteiger partial charge is 0.254 e. The maximum Gasteiger partial charge on any atom is 0.254 e. The van der Waals surface area contributed by atoms with Gasteiger partial charge in [-0.05, 0) is 54.4 Å². The highest BCUT2D eigenvalue weighted by atomic mass is 19.1. The first-order valence-corrected chi connectivity index (χ1v) is 11.3. The van der Waals surface area contributed by atoms with E-state index >= 15 is 0 Å². The van der Waals surface area contributed by atoms with Gasteiger partial charge in [-0.1, -0.05) is 12.1 Å². The number of rotatable bonds is 3. The molecular formula is C26H22FN5O2. The van der Waals surface area contributed by atoms with Crippen LogP contribution in [0.15, 0.2) is 60.9 Å². The van der Waals surface area contributed by atoms with Crippen LogP contribution in [0.4, 0.5) is 15.9 Å². The molecule has 0 atom stereocenters. The number of fused-ring (bicyclic) bond motifs is 2. The third kappa shape index (κ3) is 3.66. The fourth-order valence-electron chi connectivity index (χ4n) is 4.61. The highest BCUT2D eigenvalue weighted by Crippen LogP contribution is 2.36. The lowest BCUT2D eigenvalue weighted by Crippen LogP contribution is -2.40. The van der Waals surface area contributed by atoms with Gasteiger partial charge in [-0.2, -0.15) is 0 Å². The Bertz CT molecular complexity index is 1390. The lowest BCUT2D eigenvalue weighted by molar-refractivity contribution is 0.0303. The van der Waals surface area contributed by atoms with Gasteiger partial charge in [0.1, 0.15) is 17.7 Å². The van der Waals surface area contributed by atoms with Crippen molar-refractivity contribution >= 4 is 28.4 Å². The minimum atomic E-state index is -0.232. The van der Waals surface area contributed by atoms with Crippen LogP contribution < -0.4 is 4.90 Å². The number of aromatic nitrogens is 3. The SMILES string of the molecule is O=C(c1ccc(-c2ccc3ncnc(N4CCc5cc(F)ccc54)c3n2)cc1)N1CCOCC1. The molecule has 170 valence electrons. The molecule has 0 bridgehead atoms. The van der Waals surface area contributed by atoms with Crippen molar-refractivity contribution in [3.8, 4) is 11.3 Å². The van der Waals surface area contributed by atoms with E-state index < -0.39 is 0 Å². The summed E-state index contributed by atoms with van der Waals surface area (Å²) in [5, 5.41) is 0. The molecule has 0 N–H and O–H groups in total. The molecule has 34 heavy (non-hydrogen) atoms. The molecule has 4 heterocycles. The first-order chi connectivity index (χ1) is 16.7. The topological polar surface area (TPSA) is 71.5 Å². The van der Waals surface area contributed by atoms with E-state index in [-0.39, 0.29) is 11.7 Å². The second-order valence-corrected chi connectivity index (χ2v) is 8.42. The molecule has 2 aliphatic rings. The molecule has 0 radical (unpaired) electrons. The number of benzene rings is 2. The van der Waals surface area contributed by atoms with Gasteiger partial charge in [-0.25, -0.2) is 19.3 Å². The van der Waals surface area contributed by atoms with Crippen molar-refractivity contribution in [2.24, 2.45) is 0 Å². The van der Waals surface area contributed by atoms with Crippen molar-refractivity contribution in [3.63, 3.8) is 0 Å². The minimum absolute atomic E-state index is 0.0149. The summed E-state index contributed by atoms with van der Waals surface area (Å²) in [6.07, 6.45) is 2.28. The molecule has 0 saturated carbocycles. The number of amides is 1. The summed E-state index contributed by atoms with van der Waals surface area (Å²) in [6.45, 7) is 3.08. The molecule has 2 aromatic heterocycles. The maximum absolute atomic E-state index is 13.7. The summed E-state index contributed by atoms with van der Waals surface area (Å²) in [6, 6.07) is 16.2. The van der Waals surface area contributed by atoms with Crippen molar-refractivity contribution in [2.45, 2.75) is 6.42 Å². The average molecular weight is 455 g/mol. The Morgan fingerprint density at radius 1 is 0.941 bits per heavy atom. The van der Waals surface area contributed by atoms with Crippen LogP contribution in [0.2, 0.25) is 0 Å². The Labute approximate surface area is 195 Å². The van der Waals surface area contributed by atoms with E-state index in [9.17, 15) is 9.18 Å². The van der Waals surface area contributed by atoms with Gasteiger partial charge >= 0.3 is 0 Å². The van der Waals surface area contributed by atoms with Gasteiger partial charge in [0.25, 0.3) is 5.91 Å². The molecule has 0 spiro atoms. The zero-order valence-corrected chi connectivity index (χ0v) is 18.4. The molecule has 1 amide bonds. The predicted molar refractivity (Wildman–Crippen MR) is 127 cm³/mol. The molecule has 0 aliphatic carbocycles. The molecule has 2 aromatic carbocycles. The monoisotopic (exact) mass is 455 g/mol. The van der Waals surface area contributed by atoms with Crippen LogP contribution in [0.25, 0.3) is 22.3 Å². The molecule has 4 aromatic rings. The molecular weight excluding hydrogens is 433 g/mol. The van der Waals surface area contributed by atoms with Crippen molar-refractivity contribution in [2.75, 3.05) is 37.7 Å². The molecule has 1 saturated heterocycles. The van der Waals surface area contributed by atoms with E-state index in [0.29, 0.717) is 49.7 Å². The van der Waals surface area contributed by atoms with Crippen molar-refractivity contribution < 1.29 is 13.9 Å². The molecule has 7 nitrogen and oxygen atoms in total. The number of anilines is 2. The number of pyridine rings is 1. The van der Waals surface area contributed by atoms with Crippen LogP contribution in [0.1, 0.15) is 15.9 Å². The summed E-state index contributed by atoms with van der Waals surface area (Å²) in [7, 11) is 0. The number of halogens is 1. The summed E-state index contributed by atoms with van der Waals surface area (Å²) < 4.78 is 19.0. The lowest BCUT2D eigenvalue weighted by atomic mass is 10.1. The lowest BCUT2D eigenvalue weighted by Gasteiger charge is -2.26. The van der Waals surface area contributed by atoms with E-state index in [1.54, 1.807) is 12.1 Å². The number of morpholine rings is 1. The molecule has 1 fully saturated rings. The summed E-state index contributed by atoms with van der Waals surface area (Å²) in [4.78, 5) is 30.4. The highest BCUT2D eigenvalue weighted by molar-refractivity contribution is 5.95. The summed E-state index contributed by atoms with van der Waals surface area (Å²) in [5.74, 6) is 0.488. The Morgan fingerprint density at radius 2 is 1.76 bits per heavy atom. The second-order valence-electron chi connectivity index (χ2n) is 8.42. The normalized spacial score (nSPS) is 15.6. The van der Waals surface area contributed by atoms with Crippen molar-refractivity contribution in [1.82, 2.24) is 19.9 Å². The van der Waals surface area contributed by atoms with Gasteiger partial charge in [0, 0.05) is 36.4 Å². The van der Waals surface area contributed by atoms with Crippen LogP contribution in [0.3, 0.4) is 0 Å². The first-order valence-electron chi connectivity index (χ1n) is 11.3. The van der Waals surface area contributed by atoms with Crippen LogP contribution >= 0.6 is 0 Å². The number of carbonyl (C=O) groups excluding carboxylic acids is 1. The standard InChI is InChI=1S/C26H22FN5O2/c27-20-5-8-23-19(15-20)9-10-32(23)25-24-22(28-16-29-25)7-6-21(30-24)17-1-3-18(4-2-17)26(33)31-11-13-34-14-12-31/h1-8,15-16H,9-14H2. The Morgan fingerprint density at radius 3 is 2.59 bits per heavy atom. The summed E-state index contributed by atoms with van der Waals surface area (Å²) in [5.41, 5.74) is 5.65. The Hall–Kier alpha value is -3.91. The Kier molecular flexibility index (Phi) is 5.15. The second kappa shape index (κ2) is 8.46. The van der Waals surface area contributed by atoms with Crippen LogP contribution in [-0.2, 0) is 11.2 Å². The number of ether oxygens (including phenoxy) is 1. The number of hydrogen-bond acceptors (Lipinski definition) is 6. The van der Waals surface area contributed by atoms with Gasteiger partial charge in [-0.3, -0.25) is 4.79 Å². The van der Waals surface area contributed by atoms with Crippen molar-refractivity contribution in [3.05, 3.63) is 77.9 Å². The fraction of sp³-hybridized carbons (Fsp3) is 0.231. The quantitative estimate of drug-likeness (QED) is 0.465. The third-order valence-electron chi connectivity index (χ3n) is 6.38. The van der Waals surface area contributed by atoms with E-state index in [1.165, 1.54) is 12.4 Å². The molecule has 2 aliphatic heterocycles. The highest BCUT2D eigenvalue weighted by Gasteiger charge is 2.24. The molecule has 8 heteroatoms. The first kappa shape index (κ1) is 20.7. The zero-order chi connectivity index (χ0) is 23.1. The third-order valence-corrected chi connectivity index (χ3v) is 6.38. The summed E-state index contributed by atoms with van der Waals surface area (Å²) >= 11 is 0. The van der Waals surface area contributed by atoms with Gasteiger partial charge in [0.05, 0.1) is 24.4 Å². The van der Waals surface area contributed by atoms with Crippen LogP contribution in [0, 0.1) is 5.82 Å². The van der Waals surface area contributed by atoms with Gasteiger partial charge < -0.3 is 14.5 Å². The minimum Gasteiger partial charge on any atom is -0.378 e. The average Bonchev–Trinajstić information content (AvgIpc) is 3.31. The van der Waals surface area contributed by atoms with Crippen LogP contribution in [-0.4, -0.2) is 58.6 Å². The van der Waals surface area contributed by atoms with Crippen molar-refractivity contribution in [1.29, 1.82) is 0 Å². The van der Waals surface area contributed by atoms with E-state index in [2.05, 4.69) is 14.9 Å². The number of hydrogen-bond donors (Lipinski definition) is 0. The number of carbonyl (C=O) groups is 1. The van der Waals surface area contributed by atoms with Gasteiger partial charge in [0.15, 0.2) is 5.82 Å². The van der Waals surface area contributed by atoms with E-state index in [4.69, 9.17) is 9.72 Å². The fourth-order valence-corrected chi connectivity index (χ4v) is 4.61. The number of nitrogens with zero attached hydrogens (tertiary/aromatic N) is 5. The van der Waals surface area contributed by atoms with Gasteiger partial charge in [-0.15, -0.1) is 0 Å². The van der Waals surface area contributed by atoms with Gasteiger partial charge in [0.2, 0.25) is 0 Å². The molecule has 6 rings (SSSR count). The predicted octanol–water partition coefficient (Wildman–Crippen LogP) is 4.00. The largest absolute Gasteiger partial charge is 0.378 e. The maximum atomic E-state index is 13.7. The van der Waals surface area contributed by atoms with E-state index in [0.717, 1.165) is 34.4 Å².